The molecular formula is C28H28N6O. The van der Waals surface area contributed by atoms with Crippen LogP contribution in [0.2, 0.25) is 0 Å². The molecule has 0 aliphatic carbocycles. The van der Waals surface area contributed by atoms with Crippen molar-refractivity contribution >= 4 is 33.2 Å². The largest absolute Gasteiger partial charge is 0.364 e. The number of likely N-dealkylation sites (tertiary alicyclic amines) is 1. The molecule has 0 atom stereocenters. The van der Waals surface area contributed by atoms with Gasteiger partial charge in [0.05, 0.1) is 11.0 Å². The Morgan fingerprint density at radius 3 is 2.60 bits per heavy atom. The second-order valence-electron chi connectivity index (χ2n) is 9.52. The Bertz CT molecular complexity index is 1560. The molecule has 176 valence electrons. The molecule has 1 saturated heterocycles. The van der Waals surface area contributed by atoms with E-state index >= 15 is 0 Å². The van der Waals surface area contributed by atoms with E-state index in [4.69, 9.17) is 10.7 Å². The summed E-state index contributed by atoms with van der Waals surface area (Å²) in [5.41, 5.74) is 12.1. The Balaban J connectivity index is 1.16. The van der Waals surface area contributed by atoms with Crippen molar-refractivity contribution in [1.82, 2.24) is 24.7 Å². The number of fused-ring (bicyclic) bond motifs is 4. The lowest BCUT2D eigenvalue weighted by Crippen LogP contribution is -2.34. The molecule has 1 amide bonds. The summed E-state index contributed by atoms with van der Waals surface area (Å²) in [4.78, 5) is 18.9. The maximum absolute atomic E-state index is 11.6. The number of pyridine rings is 2. The van der Waals surface area contributed by atoms with Crippen molar-refractivity contribution in [3.05, 3.63) is 83.2 Å². The first kappa shape index (κ1) is 21.7. The second kappa shape index (κ2) is 8.74. The van der Waals surface area contributed by atoms with Crippen LogP contribution in [0.15, 0.2) is 60.7 Å². The first-order chi connectivity index (χ1) is 17.1. The summed E-state index contributed by atoms with van der Waals surface area (Å²) in [7, 11) is 0. The van der Waals surface area contributed by atoms with Gasteiger partial charge < -0.3 is 10.6 Å². The Labute approximate surface area is 203 Å². The number of primary amides is 1. The standard InChI is InChI=1S/C28H28N6O/c1-18-8-9-23-21(5-3-6-24(23)30-18)20-13-16-33(17-14-20)15-12-19-4-2-7-25-22(19)10-11-26-27(28(29)35)31-32-34(25)26/h2-11,20H,12-17H2,1H3,(H2,29,35). The molecule has 0 spiro atoms. The Morgan fingerprint density at radius 2 is 1.77 bits per heavy atom. The van der Waals surface area contributed by atoms with Crippen LogP contribution < -0.4 is 5.73 Å². The number of hydrogen-bond donors (Lipinski definition) is 1. The van der Waals surface area contributed by atoms with Crippen molar-refractivity contribution < 1.29 is 4.79 Å². The van der Waals surface area contributed by atoms with Crippen LogP contribution in [0.3, 0.4) is 0 Å². The first-order valence-corrected chi connectivity index (χ1v) is 12.2. The lowest BCUT2D eigenvalue weighted by molar-refractivity contribution is 0.0997. The van der Waals surface area contributed by atoms with Crippen molar-refractivity contribution in [1.29, 1.82) is 0 Å². The van der Waals surface area contributed by atoms with E-state index in [9.17, 15) is 4.79 Å². The van der Waals surface area contributed by atoms with Crippen LogP contribution in [-0.2, 0) is 6.42 Å². The van der Waals surface area contributed by atoms with E-state index in [1.165, 1.54) is 16.5 Å². The zero-order chi connectivity index (χ0) is 23.9. The maximum Gasteiger partial charge on any atom is 0.271 e. The topological polar surface area (TPSA) is 89.4 Å². The number of carbonyl (C=O) groups excluding carboxylic acids is 1. The molecule has 4 heterocycles. The van der Waals surface area contributed by atoms with E-state index < -0.39 is 5.91 Å². The predicted octanol–water partition coefficient (Wildman–Crippen LogP) is 4.26. The summed E-state index contributed by atoms with van der Waals surface area (Å²) in [5.74, 6) is 0.0193. The number of nitrogens with two attached hydrogens (primary N) is 1. The molecule has 6 rings (SSSR count). The van der Waals surface area contributed by atoms with E-state index in [2.05, 4.69) is 57.7 Å². The van der Waals surface area contributed by atoms with E-state index in [1.54, 1.807) is 4.52 Å². The quantitative estimate of drug-likeness (QED) is 0.420. The summed E-state index contributed by atoms with van der Waals surface area (Å²) in [6.45, 7) is 5.26. The summed E-state index contributed by atoms with van der Waals surface area (Å²) < 4.78 is 1.71. The molecule has 3 aromatic heterocycles. The lowest BCUT2D eigenvalue weighted by atomic mass is 9.87. The normalized spacial score (nSPS) is 15.3. The Hall–Kier alpha value is -3.84. The van der Waals surface area contributed by atoms with Gasteiger partial charge in [0.15, 0.2) is 5.69 Å². The fourth-order valence-corrected chi connectivity index (χ4v) is 5.53. The molecular weight excluding hydrogens is 436 g/mol. The van der Waals surface area contributed by atoms with Gasteiger partial charge in [0, 0.05) is 23.0 Å². The molecule has 0 saturated carbocycles. The van der Waals surface area contributed by atoms with E-state index in [0.717, 1.165) is 61.0 Å². The van der Waals surface area contributed by atoms with Crippen LogP contribution in [0, 0.1) is 6.92 Å². The van der Waals surface area contributed by atoms with Gasteiger partial charge in [-0.2, -0.15) is 0 Å². The van der Waals surface area contributed by atoms with Gasteiger partial charge >= 0.3 is 0 Å². The number of piperidine rings is 1. The van der Waals surface area contributed by atoms with Crippen LogP contribution in [0.5, 0.6) is 0 Å². The van der Waals surface area contributed by atoms with Crippen molar-refractivity contribution in [2.75, 3.05) is 19.6 Å². The van der Waals surface area contributed by atoms with Gasteiger partial charge in [0.2, 0.25) is 0 Å². The van der Waals surface area contributed by atoms with Gasteiger partial charge in [-0.05, 0) is 80.6 Å². The third-order valence-electron chi connectivity index (χ3n) is 7.38. The molecule has 1 fully saturated rings. The summed E-state index contributed by atoms with van der Waals surface area (Å²) in [6.07, 6.45) is 3.29. The molecule has 7 nitrogen and oxygen atoms in total. The van der Waals surface area contributed by atoms with Gasteiger partial charge in [-0.25, -0.2) is 4.52 Å². The number of hydrogen-bond acceptors (Lipinski definition) is 5. The van der Waals surface area contributed by atoms with Crippen molar-refractivity contribution in [2.24, 2.45) is 5.73 Å². The zero-order valence-corrected chi connectivity index (χ0v) is 19.8. The monoisotopic (exact) mass is 464 g/mol. The van der Waals surface area contributed by atoms with E-state index in [0.29, 0.717) is 11.4 Å². The molecule has 1 aliphatic rings. The molecule has 2 N–H and O–H groups in total. The molecule has 0 unspecified atom stereocenters. The number of nitrogens with zero attached hydrogens (tertiary/aromatic N) is 5. The predicted molar refractivity (Wildman–Crippen MR) is 138 cm³/mol. The summed E-state index contributed by atoms with van der Waals surface area (Å²) >= 11 is 0. The molecule has 7 heteroatoms. The highest BCUT2D eigenvalue weighted by atomic mass is 16.1. The fourth-order valence-electron chi connectivity index (χ4n) is 5.53. The summed E-state index contributed by atoms with van der Waals surface area (Å²) in [6, 6.07) is 21.1. The number of rotatable bonds is 5. The molecule has 1 aliphatic heterocycles. The number of benzene rings is 2. The fraction of sp³-hybridized carbons (Fsp3) is 0.286. The van der Waals surface area contributed by atoms with Gasteiger partial charge in [-0.1, -0.05) is 41.6 Å². The van der Waals surface area contributed by atoms with Gasteiger partial charge in [0.25, 0.3) is 5.91 Å². The Morgan fingerprint density at radius 1 is 0.971 bits per heavy atom. The molecule has 2 aromatic carbocycles. The highest BCUT2D eigenvalue weighted by molar-refractivity contribution is 5.99. The number of amides is 1. The maximum atomic E-state index is 11.6. The highest BCUT2D eigenvalue weighted by Crippen LogP contribution is 2.33. The highest BCUT2D eigenvalue weighted by Gasteiger charge is 2.22. The SMILES string of the molecule is Cc1ccc2c(C3CCN(CCc4cccc5c4ccc4c(C(N)=O)nnn45)CC3)cccc2n1. The van der Waals surface area contributed by atoms with Crippen molar-refractivity contribution in [3.63, 3.8) is 0 Å². The van der Waals surface area contributed by atoms with Gasteiger partial charge in [-0.15, -0.1) is 5.10 Å². The van der Waals surface area contributed by atoms with Gasteiger partial charge in [0.1, 0.15) is 5.52 Å². The number of carbonyl (C=O) groups is 1. The molecule has 0 radical (unpaired) electrons. The van der Waals surface area contributed by atoms with Gasteiger partial charge in [-0.3, -0.25) is 9.78 Å². The average Bonchev–Trinajstić information content (AvgIpc) is 3.32. The van der Waals surface area contributed by atoms with Crippen molar-refractivity contribution in [3.8, 4) is 0 Å². The minimum Gasteiger partial charge on any atom is -0.364 e. The number of aromatic nitrogens is 4. The van der Waals surface area contributed by atoms with Crippen LogP contribution in [-0.4, -0.2) is 50.3 Å². The lowest BCUT2D eigenvalue weighted by Gasteiger charge is -2.32. The van der Waals surface area contributed by atoms with Crippen LogP contribution in [0.4, 0.5) is 0 Å². The minimum absolute atomic E-state index is 0.206. The van der Waals surface area contributed by atoms with Crippen LogP contribution in [0.1, 0.15) is 46.1 Å². The average molecular weight is 465 g/mol. The molecule has 5 aromatic rings. The Kier molecular flexibility index (Phi) is 5.41. The number of aryl methyl sites for hydroxylation is 1. The second-order valence-corrected chi connectivity index (χ2v) is 9.52. The first-order valence-electron chi connectivity index (χ1n) is 12.2. The van der Waals surface area contributed by atoms with E-state index in [1.807, 2.05) is 25.1 Å². The van der Waals surface area contributed by atoms with E-state index in [-0.39, 0.29) is 5.69 Å². The third-order valence-corrected chi connectivity index (χ3v) is 7.38. The summed E-state index contributed by atoms with van der Waals surface area (Å²) in [5, 5.41) is 10.6. The van der Waals surface area contributed by atoms with Crippen LogP contribution >= 0.6 is 0 Å². The molecule has 0 bridgehead atoms. The molecule has 35 heavy (non-hydrogen) atoms. The smallest absolute Gasteiger partial charge is 0.271 e. The minimum atomic E-state index is -0.561. The van der Waals surface area contributed by atoms with Crippen LogP contribution in [0.25, 0.3) is 27.3 Å². The van der Waals surface area contributed by atoms with Crippen molar-refractivity contribution in [2.45, 2.75) is 32.1 Å². The third kappa shape index (κ3) is 3.91. The zero-order valence-electron chi connectivity index (χ0n) is 19.8.